The molecule has 1 aromatic carbocycles. The highest BCUT2D eigenvalue weighted by atomic mass is 35.5. The summed E-state index contributed by atoms with van der Waals surface area (Å²) in [7, 11) is 0. The van der Waals surface area contributed by atoms with Gasteiger partial charge in [0.1, 0.15) is 11.9 Å². The van der Waals surface area contributed by atoms with E-state index in [1.54, 1.807) is 18.5 Å². The number of hydrogen-bond donors (Lipinski definition) is 2. The molecule has 0 saturated heterocycles. The van der Waals surface area contributed by atoms with Crippen LogP contribution in [0.25, 0.3) is 0 Å². The van der Waals surface area contributed by atoms with Gasteiger partial charge in [0.2, 0.25) is 0 Å². The van der Waals surface area contributed by atoms with Crippen molar-refractivity contribution in [2.75, 3.05) is 0 Å². The summed E-state index contributed by atoms with van der Waals surface area (Å²) in [5.41, 5.74) is 1.93. The molecule has 0 fully saturated rings. The molecule has 2 rings (SSSR count). The first-order chi connectivity index (χ1) is 10.1. The Morgan fingerprint density at radius 2 is 2.05 bits per heavy atom. The summed E-state index contributed by atoms with van der Waals surface area (Å²) in [5, 5.41) is 13.0. The van der Waals surface area contributed by atoms with Crippen LogP contribution < -0.4 is 5.32 Å². The maximum Gasteiger partial charge on any atom is 0.321 e. The molecule has 1 unspecified atom stereocenters. The van der Waals surface area contributed by atoms with Gasteiger partial charge in [-0.3, -0.25) is 10.1 Å². The van der Waals surface area contributed by atoms with Crippen molar-refractivity contribution in [3.8, 4) is 0 Å². The fraction of sp³-hybridized carbons (Fsp3) is 0.267. The van der Waals surface area contributed by atoms with Crippen molar-refractivity contribution in [3.63, 3.8) is 0 Å². The standard InChI is InChI=1S/C15H16ClN3O2/c1-10-11(4-2-5-12(10)16)9-19-13(15(20)21)8-14-17-6-3-7-18-14/h2-7,13,19H,8-9H2,1H3,(H,20,21). The lowest BCUT2D eigenvalue weighted by Gasteiger charge is -2.15. The van der Waals surface area contributed by atoms with Crippen LogP contribution in [-0.2, 0) is 17.8 Å². The monoisotopic (exact) mass is 305 g/mol. The Hall–Kier alpha value is -1.98. The third-order valence-corrected chi connectivity index (χ3v) is 3.63. The van der Waals surface area contributed by atoms with Crippen molar-refractivity contribution in [1.29, 1.82) is 0 Å². The quantitative estimate of drug-likeness (QED) is 0.856. The van der Waals surface area contributed by atoms with Crippen molar-refractivity contribution in [3.05, 3.63) is 58.6 Å². The fourth-order valence-electron chi connectivity index (χ4n) is 1.94. The fourth-order valence-corrected chi connectivity index (χ4v) is 2.14. The van der Waals surface area contributed by atoms with Crippen LogP contribution >= 0.6 is 11.6 Å². The molecule has 0 aliphatic rings. The van der Waals surface area contributed by atoms with E-state index in [1.807, 2.05) is 25.1 Å². The molecule has 0 aliphatic carbocycles. The van der Waals surface area contributed by atoms with E-state index in [9.17, 15) is 9.90 Å². The highest BCUT2D eigenvalue weighted by Gasteiger charge is 2.19. The van der Waals surface area contributed by atoms with Crippen LogP contribution in [-0.4, -0.2) is 27.1 Å². The summed E-state index contributed by atoms with van der Waals surface area (Å²) in [6.07, 6.45) is 3.43. The van der Waals surface area contributed by atoms with E-state index in [-0.39, 0.29) is 6.42 Å². The number of benzene rings is 1. The zero-order valence-electron chi connectivity index (χ0n) is 11.6. The average molecular weight is 306 g/mol. The van der Waals surface area contributed by atoms with Crippen LogP contribution in [0.15, 0.2) is 36.7 Å². The zero-order valence-corrected chi connectivity index (χ0v) is 12.3. The molecule has 0 aliphatic heterocycles. The predicted octanol–water partition coefficient (Wildman–Crippen LogP) is 2.22. The number of halogens is 1. The van der Waals surface area contributed by atoms with Crippen LogP contribution in [0.5, 0.6) is 0 Å². The summed E-state index contributed by atoms with van der Waals surface area (Å²) in [6, 6.07) is 6.54. The molecule has 0 saturated carbocycles. The van der Waals surface area contributed by atoms with Crippen molar-refractivity contribution in [1.82, 2.24) is 15.3 Å². The molecule has 1 atom stereocenters. The molecular weight excluding hydrogens is 290 g/mol. The third kappa shape index (κ3) is 4.24. The Morgan fingerprint density at radius 1 is 1.33 bits per heavy atom. The van der Waals surface area contributed by atoms with E-state index < -0.39 is 12.0 Å². The van der Waals surface area contributed by atoms with Gasteiger partial charge in [-0.2, -0.15) is 0 Å². The maximum atomic E-state index is 11.3. The Balaban J connectivity index is 2.04. The topological polar surface area (TPSA) is 75.1 Å². The van der Waals surface area contributed by atoms with Gasteiger partial charge in [0.15, 0.2) is 0 Å². The van der Waals surface area contributed by atoms with Gasteiger partial charge in [0, 0.05) is 30.4 Å². The minimum absolute atomic E-state index is 0.232. The SMILES string of the molecule is Cc1c(Cl)cccc1CNC(Cc1ncccn1)C(=O)O. The van der Waals surface area contributed by atoms with Crippen LogP contribution in [0.1, 0.15) is 17.0 Å². The smallest absolute Gasteiger partial charge is 0.321 e. The molecule has 1 heterocycles. The summed E-state index contributed by atoms with van der Waals surface area (Å²) in [6.45, 7) is 2.34. The summed E-state index contributed by atoms with van der Waals surface area (Å²) in [4.78, 5) is 19.4. The van der Waals surface area contributed by atoms with Gasteiger partial charge in [-0.05, 0) is 30.2 Å². The van der Waals surface area contributed by atoms with Gasteiger partial charge in [0.25, 0.3) is 0 Å². The zero-order chi connectivity index (χ0) is 15.2. The molecule has 0 bridgehead atoms. The second-order valence-electron chi connectivity index (χ2n) is 4.66. The number of aliphatic carboxylic acids is 1. The van der Waals surface area contributed by atoms with E-state index in [0.29, 0.717) is 17.4 Å². The number of hydrogen-bond acceptors (Lipinski definition) is 4. The van der Waals surface area contributed by atoms with E-state index in [0.717, 1.165) is 11.1 Å². The highest BCUT2D eigenvalue weighted by molar-refractivity contribution is 6.31. The van der Waals surface area contributed by atoms with Gasteiger partial charge in [-0.15, -0.1) is 0 Å². The summed E-state index contributed by atoms with van der Waals surface area (Å²) < 4.78 is 0. The second-order valence-corrected chi connectivity index (χ2v) is 5.07. The Kier molecular flexibility index (Phi) is 5.25. The molecule has 2 N–H and O–H groups in total. The molecule has 5 nitrogen and oxygen atoms in total. The first-order valence-corrected chi connectivity index (χ1v) is 6.92. The van der Waals surface area contributed by atoms with Crippen molar-refractivity contribution >= 4 is 17.6 Å². The first kappa shape index (κ1) is 15.4. The molecule has 2 aromatic rings. The average Bonchev–Trinajstić information content (AvgIpc) is 2.48. The molecular formula is C15H16ClN3O2. The molecule has 110 valence electrons. The van der Waals surface area contributed by atoms with E-state index in [2.05, 4.69) is 15.3 Å². The van der Waals surface area contributed by atoms with Gasteiger partial charge in [-0.25, -0.2) is 9.97 Å². The summed E-state index contributed by atoms with van der Waals surface area (Å²) in [5.74, 6) is -0.428. The Bertz CT molecular complexity index is 620. The van der Waals surface area contributed by atoms with E-state index in [4.69, 9.17) is 11.6 Å². The number of nitrogens with one attached hydrogen (secondary N) is 1. The molecule has 0 radical (unpaired) electrons. The lowest BCUT2D eigenvalue weighted by Crippen LogP contribution is -2.38. The van der Waals surface area contributed by atoms with E-state index >= 15 is 0 Å². The van der Waals surface area contributed by atoms with Crippen LogP contribution in [0.2, 0.25) is 5.02 Å². The molecule has 21 heavy (non-hydrogen) atoms. The lowest BCUT2D eigenvalue weighted by molar-refractivity contribution is -0.139. The molecule has 6 heteroatoms. The van der Waals surface area contributed by atoms with Crippen LogP contribution in [0.4, 0.5) is 0 Å². The summed E-state index contributed by atoms with van der Waals surface area (Å²) >= 11 is 6.06. The van der Waals surface area contributed by atoms with Crippen molar-refractivity contribution in [2.24, 2.45) is 0 Å². The van der Waals surface area contributed by atoms with Crippen molar-refractivity contribution in [2.45, 2.75) is 25.9 Å². The van der Waals surface area contributed by atoms with Gasteiger partial charge < -0.3 is 5.11 Å². The maximum absolute atomic E-state index is 11.3. The van der Waals surface area contributed by atoms with Crippen molar-refractivity contribution < 1.29 is 9.90 Å². The first-order valence-electron chi connectivity index (χ1n) is 6.54. The number of carboxylic acids is 1. The predicted molar refractivity (Wildman–Crippen MR) is 80.2 cm³/mol. The van der Waals surface area contributed by atoms with Gasteiger partial charge in [-0.1, -0.05) is 23.7 Å². The second kappa shape index (κ2) is 7.15. The number of aromatic nitrogens is 2. The van der Waals surface area contributed by atoms with Gasteiger partial charge in [0.05, 0.1) is 0 Å². The number of carbonyl (C=O) groups is 1. The number of carboxylic acid groups (broad SMARTS) is 1. The largest absolute Gasteiger partial charge is 0.480 e. The molecule has 0 amide bonds. The highest BCUT2D eigenvalue weighted by Crippen LogP contribution is 2.18. The minimum Gasteiger partial charge on any atom is -0.480 e. The Morgan fingerprint density at radius 3 is 2.71 bits per heavy atom. The molecule has 0 spiro atoms. The molecule has 1 aromatic heterocycles. The number of rotatable bonds is 6. The van der Waals surface area contributed by atoms with Crippen LogP contribution in [0, 0.1) is 6.92 Å². The van der Waals surface area contributed by atoms with Crippen LogP contribution in [0.3, 0.4) is 0 Å². The normalized spacial score (nSPS) is 12.1. The van der Waals surface area contributed by atoms with Gasteiger partial charge >= 0.3 is 5.97 Å². The van der Waals surface area contributed by atoms with E-state index in [1.165, 1.54) is 0 Å². The lowest BCUT2D eigenvalue weighted by atomic mass is 10.1. The number of nitrogens with zero attached hydrogens (tertiary/aromatic N) is 2. The Labute approximate surface area is 128 Å². The minimum atomic E-state index is -0.929. The third-order valence-electron chi connectivity index (χ3n) is 3.22.